The fourth-order valence-corrected chi connectivity index (χ4v) is 2.78. The van der Waals surface area contributed by atoms with Crippen LogP contribution in [0, 0.1) is 5.92 Å². The first-order valence-electron chi connectivity index (χ1n) is 8.40. The molecular formula is C18H28N2O3. The Labute approximate surface area is 138 Å². The summed E-state index contributed by atoms with van der Waals surface area (Å²) in [4.78, 5) is 12.8. The molecule has 1 aliphatic heterocycles. The van der Waals surface area contributed by atoms with Crippen molar-refractivity contribution < 1.29 is 14.3 Å². The lowest BCUT2D eigenvalue weighted by molar-refractivity contribution is 0.0899. The third-order valence-corrected chi connectivity index (χ3v) is 3.77. The third kappa shape index (κ3) is 4.61. The van der Waals surface area contributed by atoms with Crippen molar-refractivity contribution in [3.8, 4) is 11.5 Å². The summed E-state index contributed by atoms with van der Waals surface area (Å²) in [6, 6.07) is 3.45. The average molecular weight is 320 g/mol. The molecule has 3 N–H and O–H groups in total. The first-order valence-corrected chi connectivity index (χ1v) is 8.40. The number of carbonyl (C=O) groups is 1. The van der Waals surface area contributed by atoms with Gasteiger partial charge in [-0.25, -0.2) is 0 Å². The molecule has 0 bridgehead atoms. The van der Waals surface area contributed by atoms with Crippen LogP contribution in [0.2, 0.25) is 0 Å². The SMILES string of the molecule is CC(C)Oc1cc(N)c(C(=O)C2CCCNC2)cc1OC(C)C. The van der Waals surface area contributed by atoms with E-state index >= 15 is 0 Å². The van der Waals surface area contributed by atoms with E-state index in [1.807, 2.05) is 27.7 Å². The van der Waals surface area contributed by atoms with Crippen molar-refractivity contribution in [3.05, 3.63) is 17.7 Å². The molecule has 1 aromatic rings. The molecule has 0 radical (unpaired) electrons. The number of Topliss-reactive ketones (excluding diaryl/α,β-unsaturated/α-hetero) is 1. The van der Waals surface area contributed by atoms with Crippen LogP contribution in [0.4, 0.5) is 5.69 Å². The molecule has 1 heterocycles. The van der Waals surface area contributed by atoms with Gasteiger partial charge in [0, 0.05) is 29.8 Å². The van der Waals surface area contributed by atoms with E-state index in [1.54, 1.807) is 12.1 Å². The van der Waals surface area contributed by atoms with E-state index in [4.69, 9.17) is 15.2 Å². The molecule has 0 aliphatic carbocycles. The van der Waals surface area contributed by atoms with Gasteiger partial charge in [-0.3, -0.25) is 4.79 Å². The molecule has 1 aliphatic rings. The number of carbonyl (C=O) groups excluding carboxylic acids is 1. The van der Waals surface area contributed by atoms with Crippen LogP contribution in [0.1, 0.15) is 50.9 Å². The fraction of sp³-hybridized carbons (Fsp3) is 0.611. The molecule has 1 aromatic carbocycles. The van der Waals surface area contributed by atoms with E-state index in [0.29, 0.717) is 29.3 Å². The maximum atomic E-state index is 12.8. The summed E-state index contributed by atoms with van der Waals surface area (Å²) in [6.07, 6.45) is 1.91. The quantitative estimate of drug-likeness (QED) is 0.622. The van der Waals surface area contributed by atoms with Gasteiger partial charge in [0.1, 0.15) is 0 Å². The molecule has 1 unspecified atom stereocenters. The highest BCUT2D eigenvalue weighted by atomic mass is 16.5. The number of nitrogen functional groups attached to an aromatic ring is 1. The molecule has 23 heavy (non-hydrogen) atoms. The predicted octanol–water partition coefficient (Wildman–Crippen LogP) is 3.03. The van der Waals surface area contributed by atoms with Gasteiger partial charge < -0.3 is 20.5 Å². The molecule has 0 amide bonds. The van der Waals surface area contributed by atoms with Gasteiger partial charge in [-0.2, -0.15) is 0 Å². The van der Waals surface area contributed by atoms with Crippen molar-refractivity contribution in [2.75, 3.05) is 18.8 Å². The first kappa shape index (κ1) is 17.6. The standard InChI is InChI=1S/C18H28N2O3/c1-11(2)22-16-8-14(15(19)9-17(16)23-12(3)4)18(21)13-6-5-7-20-10-13/h8-9,11-13,20H,5-7,10,19H2,1-4H3. The first-order chi connectivity index (χ1) is 10.9. The Balaban J connectivity index is 2.33. The zero-order chi connectivity index (χ0) is 17.0. The number of nitrogens with one attached hydrogen (secondary N) is 1. The average Bonchev–Trinajstić information content (AvgIpc) is 2.49. The summed E-state index contributed by atoms with van der Waals surface area (Å²) in [7, 11) is 0. The number of benzene rings is 1. The van der Waals surface area contributed by atoms with Crippen LogP contribution in [0.5, 0.6) is 11.5 Å². The molecular weight excluding hydrogens is 292 g/mol. The summed E-state index contributed by atoms with van der Waals surface area (Å²) < 4.78 is 11.6. The molecule has 1 atom stereocenters. The van der Waals surface area contributed by atoms with Crippen LogP contribution >= 0.6 is 0 Å². The Morgan fingerprint density at radius 1 is 1.17 bits per heavy atom. The van der Waals surface area contributed by atoms with E-state index in [0.717, 1.165) is 19.4 Å². The Bertz CT molecular complexity index is 549. The smallest absolute Gasteiger partial charge is 0.169 e. The van der Waals surface area contributed by atoms with E-state index < -0.39 is 0 Å². The molecule has 0 aromatic heterocycles. The maximum Gasteiger partial charge on any atom is 0.169 e. The Hall–Kier alpha value is -1.75. The lowest BCUT2D eigenvalue weighted by Crippen LogP contribution is -2.34. The minimum atomic E-state index is -0.0187. The van der Waals surface area contributed by atoms with Crippen molar-refractivity contribution in [1.29, 1.82) is 0 Å². The maximum absolute atomic E-state index is 12.8. The second-order valence-corrected chi connectivity index (χ2v) is 6.63. The monoisotopic (exact) mass is 320 g/mol. The number of piperidine rings is 1. The molecule has 5 nitrogen and oxygen atoms in total. The van der Waals surface area contributed by atoms with Gasteiger partial charge in [0.25, 0.3) is 0 Å². The van der Waals surface area contributed by atoms with Crippen LogP contribution in [0.25, 0.3) is 0 Å². The van der Waals surface area contributed by atoms with Crippen molar-refractivity contribution >= 4 is 11.5 Å². The van der Waals surface area contributed by atoms with Crippen LogP contribution in [-0.2, 0) is 0 Å². The van der Waals surface area contributed by atoms with E-state index in [-0.39, 0.29) is 23.9 Å². The molecule has 1 fully saturated rings. The van der Waals surface area contributed by atoms with Crippen molar-refractivity contribution in [1.82, 2.24) is 5.32 Å². The van der Waals surface area contributed by atoms with Gasteiger partial charge in [-0.15, -0.1) is 0 Å². The number of rotatable bonds is 6. The van der Waals surface area contributed by atoms with Crippen LogP contribution < -0.4 is 20.5 Å². The van der Waals surface area contributed by atoms with Crippen LogP contribution in [0.3, 0.4) is 0 Å². The number of hydrogen-bond acceptors (Lipinski definition) is 5. The molecule has 5 heteroatoms. The molecule has 128 valence electrons. The van der Waals surface area contributed by atoms with Gasteiger partial charge in [0.05, 0.1) is 12.2 Å². The van der Waals surface area contributed by atoms with Gasteiger partial charge >= 0.3 is 0 Å². The molecule has 2 rings (SSSR count). The highest BCUT2D eigenvalue weighted by Gasteiger charge is 2.25. The Morgan fingerprint density at radius 3 is 2.30 bits per heavy atom. The van der Waals surface area contributed by atoms with E-state index in [2.05, 4.69) is 5.32 Å². The third-order valence-electron chi connectivity index (χ3n) is 3.77. The number of nitrogens with two attached hydrogens (primary N) is 1. The van der Waals surface area contributed by atoms with E-state index in [1.165, 1.54) is 0 Å². The normalized spacial score (nSPS) is 18.3. The van der Waals surface area contributed by atoms with Crippen LogP contribution in [-0.4, -0.2) is 31.1 Å². The summed E-state index contributed by atoms with van der Waals surface area (Å²) in [6.45, 7) is 9.47. The second kappa shape index (κ2) is 7.68. The zero-order valence-electron chi connectivity index (χ0n) is 14.5. The highest BCUT2D eigenvalue weighted by Crippen LogP contribution is 2.35. The Morgan fingerprint density at radius 2 is 1.78 bits per heavy atom. The largest absolute Gasteiger partial charge is 0.487 e. The van der Waals surface area contributed by atoms with E-state index in [9.17, 15) is 4.79 Å². The van der Waals surface area contributed by atoms with Crippen molar-refractivity contribution in [2.45, 2.75) is 52.7 Å². The fourth-order valence-electron chi connectivity index (χ4n) is 2.78. The van der Waals surface area contributed by atoms with Crippen molar-refractivity contribution in [3.63, 3.8) is 0 Å². The minimum absolute atomic E-state index is 0.00700. The molecule has 1 saturated heterocycles. The van der Waals surface area contributed by atoms with Gasteiger partial charge in [-0.05, 0) is 53.1 Å². The lowest BCUT2D eigenvalue weighted by Gasteiger charge is -2.23. The highest BCUT2D eigenvalue weighted by molar-refractivity contribution is 6.03. The van der Waals surface area contributed by atoms with Gasteiger partial charge in [-0.1, -0.05) is 0 Å². The minimum Gasteiger partial charge on any atom is -0.487 e. The topological polar surface area (TPSA) is 73.6 Å². The summed E-state index contributed by atoms with van der Waals surface area (Å²) in [5.74, 6) is 1.23. The predicted molar refractivity (Wildman–Crippen MR) is 92.3 cm³/mol. The number of anilines is 1. The zero-order valence-corrected chi connectivity index (χ0v) is 14.5. The van der Waals surface area contributed by atoms with Gasteiger partial charge in [0.2, 0.25) is 0 Å². The molecule has 0 spiro atoms. The second-order valence-electron chi connectivity index (χ2n) is 6.63. The van der Waals surface area contributed by atoms with Gasteiger partial charge in [0.15, 0.2) is 17.3 Å². The Kier molecular flexibility index (Phi) is 5.88. The number of ether oxygens (including phenoxy) is 2. The summed E-state index contributed by atoms with van der Waals surface area (Å²) >= 11 is 0. The molecule has 0 saturated carbocycles. The summed E-state index contributed by atoms with van der Waals surface area (Å²) in [5.41, 5.74) is 7.11. The lowest BCUT2D eigenvalue weighted by atomic mass is 9.90. The van der Waals surface area contributed by atoms with Crippen LogP contribution in [0.15, 0.2) is 12.1 Å². The van der Waals surface area contributed by atoms with Crippen molar-refractivity contribution in [2.24, 2.45) is 5.92 Å². The summed E-state index contributed by atoms with van der Waals surface area (Å²) in [5, 5.41) is 3.27. The number of hydrogen-bond donors (Lipinski definition) is 2. The number of ketones is 1.